The lowest BCUT2D eigenvalue weighted by Gasteiger charge is -2.37. The fraction of sp³-hybridized carbons (Fsp3) is 0.714. The Bertz CT molecular complexity index is 806. The molecule has 4 rings (SSSR count). The molecule has 1 atom stereocenters. The van der Waals surface area contributed by atoms with Crippen LogP contribution in [-0.4, -0.2) is 41.3 Å². The van der Waals surface area contributed by atoms with Gasteiger partial charge >= 0.3 is 0 Å². The van der Waals surface area contributed by atoms with Crippen LogP contribution < -0.4 is 11.1 Å². The van der Waals surface area contributed by atoms with Gasteiger partial charge < -0.3 is 16.0 Å². The highest BCUT2D eigenvalue weighted by molar-refractivity contribution is 5.98. The Morgan fingerprint density at radius 1 is 1.03 bits per heavy atom. The smallest absolute Gasteiger partial charge is 0.198 e. The quantitative estimate of drug-likeness (QED) is 0.327. The number of likely N-dealkylation sites (tertiary alicyclic amines) is 1. The molecule has 3 fully saturated rings. The van der Waals surface area contributed by atoms with E-state index in [1.54, 1.807) is 6.92 Å². The molecule has 1 aliphatic heterocycles. The van der Waals surface area contributed by atoms with Gasteiger partial charge in [0.15, 0.2) is 11.7 Å². The lowest BCUT2D eigenvalue weighted by Crippen LogP contribution is -2.46. The van der Waals surface area contributed by atoms with E-state index in [4.69, 9.17) is 10.7 Å². The molecule has 0 radical (unpaired) electrons. The van der Waals surface area contributed by atoms with E-state index in [1.165, 1.54) is 77.0 Å². The van der Waals surface area contributed by atoms with Crippen molar-refractivity contribution in [3.8, 4) is 0 Å². The molecule has 2 aliphatic carbocycles. The zero-order chi connectivity index (χ0) is 23.2. The number of carbonyl (C=O) groups is 1. The second kappa shape index (κ2) is 11.5. The first-order chi connectivity index (χ1) is 16.0. The summed E-state index contributed by atoms with van der Waals surface area (Å²) in [6.07, 6.45) is 15.2. The summed E-state index contributed by atoms with van der Waals surface area (Å²) in [5.74, 6) is 2.87. The average Bonchev–Trinajstić information content (AvgIpc) is 2.82. The minimum absolute atomic E-state index is 0.0988. The number of nitrogens with one attached hydrogen (secondary N) is 1. The first-order valence-electron chi connectivity index (χ1n) is 13.5. The van der Waals surface area contributed by atoms with Crippen LogP contribution in [-0.2, 0) is 0 Å². The van der Waals surface area contributed by atoms with Crippen molar-refractivity contribution in [2.45, 2.75) is 109 Å². The van der Waals surface area contributed by atoms with Crippen molar-refractivity contribution in [1.82, 2.24) is 4.90 Å². The Morgan fingerprint density at radius 3 is 2.39 bits per heavy atom. The summed E-state index contributed by atoms with van der Waals surface area (Å²) >= 11 is 0. The van der Waals surface area contributed by atoms with E-state index in [0.717, 1.165) is 35.6 Å². The molecule has 0 aromatic heterocycles. The highest BCUT2D eigenvalue weighted by Gasteiger charge is 2.28. The van der Waals surface area contributed by atoms with Crippen LogP contribution in [0.15, 0.2) is 29.3 Å². The molecule has 1 saturated heterocycles. The maximum Gasteiger partial charge on any atom is 0.198 e. The predicted octanol–water partition coefficient (Wildman–Crippen LogP) is 6.00. The van der Waals surface area contributed by atoms with Crippen molar-refractivity contribution in [1.29, 1.82) is 0 Å². The summed E-state index contributed by atoms with van der Waals surface area (Å²) in [4.78, 5) is 19.6. The maximum absolute atomic E-state index is 11.9. The van der Waals surface area contributed by atoms with Crippen molar-refractivity contribution in [2.75, 3.05) is 11.9 Å². The SMILES string of the molecule is CC(=O)c1cccc(NC(=NC2CCC(CC3CCC(N)CC3)CC2)N2CCCCC2C)c1. The first-order valence-corrected chi connectivity index (χ1v) is 13.5. The molecule has 3 aliphatic rings. The number of rotatable bonds is 5. The molecule has 5 nitrogen and oxygen atoms in total. The molecule has 182 valence electrons. The number of nitrogens with two attached hydrogens (primary N) is 1. The molecule has 3 N–H and O–H groups in total. The third kappa shape index (κ3) is 6.81. The van der Waals surface area contributed by atoms with E-state index >= 15 is 0 Å². The number of aliphatic imine (C=N–C) groups is 1. The topological polar surface area (TPSA) is 70.7 Å². The second-order valence-corrected chi connectivity index (χ2v) is 10.9. The Balaban J connectivity index is 1.40. The van der Waals surface area contributed by atoms with Crippen molar-refractivity contribution in [3.63, 3.8) is 0 Å². The van der Waals surface area contributed by atoms with E-state index in [2.05, 4.69) is 17.1 Å². The third-order valence-corrected chi connectivity index (χ3v) is 8.28. The molecule has 1 aromatic rings. The lowest BCUT2D eigenvalue weighted by molar-refractivity contribution is 0.101. The van der Waals surface area contributed by atoms with Crippen molar-refractivity contribution < 1.29 is 4.79 Å². The van der Waals surface area contributed by atoms with Crippen molar-refractivity contribution >= 4 is 17.4 Å². The van der Waals surface area contributed by atoms with Crippen molar-refractivity contribution in [2.24, 2.45) is 22.6 Å². The average molecular weight is 453 g/mol. The van der Waals surface area contributed by atoms with Gasteiger partial charge in [0, 0.05) is 29.9 Å². The normalized spacial score (nSPS) is 31.3. The minimum Gasteiger partial charge on any atom is -0.340 e. The summed E-state index contributed by atoms with van der Waals surface area (Å²) in [7, 11) is 0. The summed E-state index contributed by atoms with van der Waals surface area (Å²) < 4.78 is 0. The standard InChI is InChI=1S/C28H44N4O/c1-20-6-3-4-17-32(20)28(31-27-8-5-7-24(19-27)21(2)33)30-26-15-11-23(12-16-26)18-22-9-13-25(29)14-10-22/h5,7-8,19-20,22-23,25-26H,3-4,6,9-18,29H2,1-2H3,(H,30,31). The molecule has 0 spiro atoms. The second-order valence-electron chi connectivity index (χ2n) is 10.9. The summed E-state index contributed by atoms with van der Waals surface area (Å²) in [5.41, 5.74) is 7.81. The van der Waals surface area contributed by atoms with Crippen LogP contribution in [0, 0.1) is 11.8 Å². The number of benzene rings is 1. The molecule has 1 unspecified atom stereocenters. The fourth-order valence-corrected chi connectivity index (χ4v) is 6.11. The predicted molar refractivity (Wildman–Crippen MR) is 138 cm³/mol. The van der Waals surface area contributed by atoms with Gasteiger partial charge in [-0.05, 0) is 115 Å². The Hall–Kier alpha value is -1.88. The van der Waals surface area contributed by atoms with Gasteiger partial charge in [-0.1, -0.05) is 12.1 Å². The van der Waals surface area contributed by atoms with Gasteiger partial charge in [-0.2, -0.15) is 0 Å². The Labute approximate surface area is 200 Å². The van der Waals surface area contributed by atoms with E-state index in [9.17, 15) is 4.79 Å². The lowest BCUT2D eigenvalue weighted by atomic mass is 9.76. The number of hydrogen-bond acceptors (Lipinski definition) is 3. The van der Waals surface area contributed by atoms with Crippen LogP contribution >= 0.6 is 0 Å². The number of guanidine groups is 1. The zero-order valence-electron chi connectivity index (χ0n) is 20.8. The van der Waals surface area contributed by atoms with Gasteiger partial charge in [0.1, 0.15) is 0 Å². The summed E-state index contributed by atoms with van der Waals surface area (Å²) in [6, 6.07) is 9.19. The number of ketones is 1. The van der Waals surface area contributed by atoms with E-state index in [1.807, 2.05) is 24.3 Å². The zero-order valence-corrected chi connectivity index (χ0v) is 20.8. The van der Waals surface area contributed by atoms with Gasteiger partial charge in [-0.25, -0.2) is 4.99 Å². The molecule has 2 saturated carbocycles. The molecule has 5 heteroatoms. The molecule has 33 heavy (non-hydrogen) atoms. The molecule has 1 heterocycles. The molecule has 0 bridgehead atoms. The van der Waals surface area contributed by atoms with E-state index in [-0.39, 0.29) is 5.78 Å². The fourth-order valence-electron chi connectivity index (χ4n) is 6.11. The third-order valence-electron chi connectivity index (χ3n) is 8.28. The molecular weight excluding hydrogens is 408 g/mol. The van der Waals surface area contributed by atoms with E-state index in [0.29, 0.717) is 18.1 Å². The highest BCUT2D eigenvalue weighted by atomic mass is 16.1. The number of piperidine rings is 1. The molecule has 1 aromatic carbocycles. The number of Topliss-reactive ketones (excluding diaryl/α,β-unsaturated/α-hetero) is 1. The minimum atomic E-state index is 0.0988. The van der Waals surface area contributed by atoms with Gasteiger partial charge in [0.25, 0.3) is 0 Å². The van der Waals surface area contributed by atoms with Crippen molar-refractivity contribution in [3.05, 3.63) is 29.8 Å². The summed E-state index contributed by atoms with van der Waals surface area (Å²) in [5, 5.41) is 3.61. The largest absolute Gasteiger partial charge is 0.340 e. The van der Waals surface area contributed by atoms with Crippen LogP contribution in [0.25, 0.3) is 0 Å². The maximum atomic E-state index is 11.9. The van der Waals surface area contributed by atoms with Crippen LogP contribution in [0.1, 0.15) is 101 Å². The van der Waals surface area contributed by atoms with Gasteiger partial charge in [0.2, 0.25) is 0 Å². The van der Waals surface area contributed by atoms with Crippen LogP contribution in [0.5, 0.6) is 0 Å². The summed E-state index contributed by atoms with van der Waals surface area (Å²) in [6.45, 7) is 4.99. The van der Waals surface area contributed by atoms with Gasteiger partial charge in [-0.15, -0.1) is 0 Å². The first kappa shape index (κ1) is 24.3. The van der Waals surface area contributed by atoms with Crippen LogP contribution in [0.4, 0.5) is 5.69 Å². The number of carbonyl (C=O) groups excluding carboxylic acids is 1. The van der Waals surface area contributed by atoms with Crippen LogP contribution in [0.3, 0.4) is 0 Å². The number of anilines is 1. The Kier molecular flexibility index (Phi) is 8.45. The Morgan fingerprint density at radius 2 is 1.73 bits per heavy atom. The molecule has 0 amide bonds. The highest BCUT2D eigenvalue weighted by Crippen LogP contribution is 2.36. The van der Waals surface area contributed by atoms with Gasteiger partial charge in [-0.3, -0.25) is 4.79 Å². The number of hydrogen-bond donors (Lipinski definition) is 2. The van der Waals surface area contributed by atoms with Gasteiger partial charge in [0.05, 0.1) is 6.04 Å². The van der Waals surface area contributed by atoms with E-state index < -0.39 is 0 Å². The monoisotopic (exact) mass is 452 g/mol. The molecular formula is C28H44N4O. The number of nitrogens with zero attached hydrogens (tertiary/aromatic N) is 2. The van der Waals surface area contributed by atoms with Crippen LogP contribution in [0.2, 0.25) is 0 Å².